The number of phenols is 1. The first kappa shape index (κ1) is 22.9. The van der Waals surface area contributed by atoms with Gasteiger partial charge in [-0.15, -0.1) is 0 Å². The van der Waals surface area contributed by atoms with Gasteiger partial charge >= 0.3 is 0 Å². The van der Waals surface area contributed by atoms with E-state index in [0.29, 0.717) is 45.7 Å². The summed E-state index contributed by atoms with van der Waals surface area (Å²) in [5.41, 5.74) is 3.11. The molecule has 0 bridgehead atoms. The van der Waals surface area contributed by atoms with Crippen LogP contribution in [0.3, 0.4) is 0 Å². The molecule has 0 saturated carbocycles. The molecule has 0 aliphatic carbocycles. The van der Waals surface area contributed by atoms with E-state index in [2.05, 4.69) is 16.0 Å². The van der Waals surface area contributed by atoms with Gasteiger partial charge in [0.2, 0.25) is 5.43 Å². The van der Waals surface area contributed by atoms with E-state index >= 15 is 0 Å². The van der Waals surface area contributed by atoms with Crippen LogP contribution in [0.4, 0.5) is 0 Å². The number of nitrogens with zero attached hydrogens (tertiary/aromatic N) is 2. The van der Waals surface area contributed by atoms with Gasteiger partial charge in [0.05, 0.1) is 30.7 Å². The monoisotopic (exact) mass is 472 g/mol. The summed E-state index contributed by atoms with van der Waals surface area (Å²) in [7, 11) is 3.12. The van der Waals surface area contributed by atoms with Crippen LogP contribution in [0.15, 0.2) is 70.3 Å². The average molecular weight is 473 g/mol. The Bertz CT molecular complexity index is 1400. The molecule has 2 aromatic heterocycles. The van der Waals surface area contributed by atoms with Crippen molar-refractivity contribution in [1.82, 2.24) is 9.88 Å². The van der Waals surface area contributed by atoms with Crippen LogP contribution >= 0.6 is 0 Å². The number of pyridine rings is 1. The number of ether oxygens (including phenoxy) is 2. The molecule has 1 atom stereocenters. The second kappa shape index (κ2) is 9.80. The van der Waals surface area contributed by atoms with Gasteiger partial charge in [0.1, 0.15) is 17.6 Å². The summed E-state index contributed by atoms with van der Waals surface area (Å²) in [5.74, 6) is 1.23. The zero-order valence-electron chi connectivity index (χ0n) is 19.9. The van der Waals surface area contributed by atoms with Crippen LogP contribution in [0.1, 0.15) is 36.4 Å². The smallest absolute Gasteiger partial charge is 0.200 e. The van der Waals surface area contributed by atoms with Crippen molar-refractivity contribution in [3.05, 3.63) is 82.5 Å². The molecule has 1 unspecified atom stereocenters. The van der Waals surface area contributed by atoms with Gasteiger partial charge in [-0.2, -0.15) is 0 Å². The molecular weight excluding hydrogens is 444 g/mol. The van der Waals surface area contributed by atoms with Gasteiger partial charge in [-0.1, -0.05) is 18.6 Å². The van der Waals surface area contributed by atoms with E-state index in [1.54, 1.807) is 50.7 Å². The Kier molecular flexibility index (Phi) is 6.42. The lowest BCUT2D eigenvalue weighted by atomic mass is 9.95. The maximum Gasteiger partial charge on any atom is 0.200 e. The number of hydrogen-bond donors (Lipinski definition) is 1. The van der Waals surface area contributed by atoms with Crippen LogP contribution in [0, 0.1) is 0 Å². The van der Waals surface area contributed by atoms with Crippen molar-refractivity contribution < 1.29 is 19.0 Å². The molecule has 5 rings (SSSR count). The van der Waals surface area contributed by atoms with E-state index in [1.165, 1.54) is 6.26 Å². The number of benzene rings is 2. The molecule has 1 aliphatic heterocycles. The average Bonchev–Trinajstić information content (AvgIpc) is 2.91. The molecule has 7 nitrogen and oxygen atoms in total. The van der Waals surface area contributed by atoms with Crippen molar-refractivity contribution in [3.8, 4) is 28.4 Å². The molecular formula is C28H28N2O5. The third-order valence-electron chi connectivity index (χ3n) is 6.76. The zero-order chi connectivity index (χ0) is 24.4. The van der Waals surface area contributed by atoms with Crippen molar-refractivity contribution in [2.75, 3.05) is 20.8 Å². The Balaban J connectivity index is 1.55. The third kappa shape index (κ3) is 4.35. The minimum absolute atomic E-state index is 0.120. The van der Waals surface area contributed by atoms with Gasteiger partial charge in [0.25, 0.3) is 0 Å². The third-order valence-corrected chi connectivity index (χ3v) is 6.76. The van der Waals surface area contributed by atoms with Crippen LogP contribution < -0.4 is 14.9 Å². The minimum Gasteiger partial charge on any atom is -0.507 e. The van der Waals surface area contributed by atoms with E-state index in [-0.39, 0.29) is 17.2 Å². The predicted octanol–water partition coefficient (Wildman–Crippen LogP) is 5.31. The first-order valence-corrected chi connectivity index (χ1v) is 11.7. The van der Waals surface area contributed by atoms with Gasteiger partial charge in [-0.25, -0.2) is 0 Å². The number of phenolic OH excluding ortho intramolecular Hbond substituents is 1. The molecule has 35 heavy (non-hydrogen) atoms. The Labute approximate surface area is 203 Å². The number of aromatic nitrogens is 1. The van der Waals surface area contributed by atoms with E-state index in [4.69, 9.17) is 13.9 Å². The first-order chi connectivity index (χ1) is 17.1. The number of rotatable bonds is 6. The highest BCUT2D eigenvalue weighted by Gasteiger charge is 2.26. The Morgan fingerprint density at radius 3 is 2.74 bits per heavy atom. The van der Waals surface area contributed by atoms with Gasteiger partial charge in [0, 0.05) is 25.0 Å². The number of fused-ring (bicyclic) bond motifs is 1. The van der Waals surface area contributed by atoms with Crippen LogP contribution in [0.2, 0.25) is 0 Å². The Morgan fingerprint density at radius 2 is 1.97 bits per heavy atom. The van der Waals surface area contributed by atoms with Crippen molar-refractivity contribution in [2.24, 2.45) is 0 Å². The summed E-state index contributed by atoms with van der Waals surface area (Å²) < 4.78 is 16.7. The highest BCUT2D eigenvalue weighted by molar-refractivity contribution is 5.86. The van der Waals surface area contributed by atoms with Gasteiger partial charge in [-0.05, 0) is 60.8 Å². The fraction of sp³-hybridized carbons (Fsp3) is 0.286. The van der Waals surface area contributed by atoms with Gasteiger partial charge in [-0.3, -0.25) is 14.7 Å². The fourth-order valence-electron chi connectivity index (χ4n) is 4.94. The largest absolute Gasteiger partial charge is 0.507 e. The fourth-order valence-corrected chi connectivity index (χ4v) is 4.94. The number of piperidine rings is 1. The van der Waals surface area contributed by atoms with Crippen LogP contribution in [0.5, 0.6) is 17.2 Å². The summed E-state index contributed by atoms with van der Waals surface area (Å²) >= 11 is 0. The molecule has 7 heteroatoms. The van der Waals surface area contributed by atoms with E-state index in [9.17, 15) is 9.90 Å². The second-order valence-electron chi connectivity index (χ2n) is 8.76. The SMILES string of the molecule is COc1ccc(-c2coc3c(CN4CCCCC4c4cccnc4)c(O)ccc3c2=O)cc1OC. The summed E-state index contributed by atoms with van der Waals surface area (Å²) in [6.45, 7) is 1.37. The predicted molar refractivity (Wildman–Crippen MR) is 134 cm³/mol. The zero-order valence-corrected chi connectivity index (χ0v) is 19.9. The van der Waals surface area contributed by atoms with Gasteiger partial charge in [0.15, 0.2) is 11.5 Å². The lowest BCUT2D eigenvalue weighted by Crippen LogP contribution is -2.33. The van der Waals surface area contributed by atoms with Crippen LogP contribution in [0.25, 0.3) is 22.1 Å². The number of aromatic hydroxyl groups is 1. The van der Waals surface area contributed by atoms with Crippen molar-refractivity contribution in [2.45, 2.75) is 31.8 Å². The Hall–Kier alpha value is -3.84. The summed E-state index contributed by atoms with van der Waals surface area (Å²) in [5, 5.41) is 11.2. The summed E-state index contributed by atoms with van der Waals surface area (Å²) in [4.78, 5) is 20.1. The van der Waals surface area contributed by atoms with Crippen molar-refractivity contribution >= 4 is 11.0 Å². The molecule has 2 aromatic carbocycles. The molecule has 1 N–H and O–H groups in total. The summed E-state index contributed by atoms with van der Waals surface area (Å²) in [6, 6.07) is 12.8. The van der Waals surface area contributed by atoms with E-state index in [0.717, 1.165) is 31.4 Å². The number of methoxy groups -OCH3 is 2. The van der Waals surface area contributed by atoms with Crippen molar-refractivity contribution in [3.63, 3.8) is 0 Å². The summed E-state index contributed by atoms with van der Waals surface area (Å²) in [6.07, 6.45) is 8.38. The Morgan fingerprint density at radius 1 is 1.11 bits per heavy atom. The second-order valence-corrected chi connectivity index (χ2v) is 8.76. The molecule has 1 fully saturated rings. The molecule has 1 saturated heterocycles. The van der Waals surface area contributed by atoms with Gasteiger partial charge < -0.3 is 19.0 Å². The molecule has 180 valence electrons. The lowest BCUT2D eigenvalue weighted by molar-refractivity contribution is 0.139. The highest BCUT2D eigenvalue weighted by Crippen LogP contribution is 2.36. The lowest BCUT2D eigenvalue weighted by Gasteiger charge is -2.36. The normalized spacial score (nSPS) is 16.3. The number of likely N-dealkylation sites (tertiary alicyclic amines) is 1. The first-order valence-electron chi connectivity index (χ1n) is 11.7. The van der Waals surface area contributed by atoms with Crippen molar-refractivity contribution in [1.29, 1.82) is 0 Å². The molecule has 4 aromatic rings. The van der Waals surface area contributed by atoms with Crippen LogP contribution in [-0.4, -0.2) is 35.8 Å². The molecule has 0 amide bonds. The minimum atomic E-state index is -0.165. The maximum atomic E-state index is 13.5. The molecule has 3 heterocycles. The molecule has 0 radical (unpaired) electrons. The van der Waals surface area contributed by atoms with E-state index < -0.39 is 0 Å². The topological polar surface area (TPSA) is 85.0 Å². The standard InChI is InChI=1S/C28H28N2O5/c1-33-25-11-8-18(14-26(25)34-2)22-17-35-28-20(27(22)32)9-10-24(31)21(28)16-30-13-4-3-7-23(30)19-6-5-12-29-15-19/h5-6,8-12,14-15,17,23,31H,3-4,7,13,16H2,1-2H3. The quantitative estimate of drug-likeness (QED) is 0.407. The molecule has 1 aliphatic rings. The maximum absolute atomic E-state index is 13.5. The highest BCUT2D eigenvalue weighted by atomic mass is 16.5. The number of hydrogen-bond acceptors (Lipinski definition) is 7. The van der Waals surface area contributed by atoms with Crippen LogP contribution in [-0.2, 0) is 6.54 Å². The van der Waals surface area contributed by atoms with E-state index in [1.807, 2.05) is 12.3 Å². The molecule has 0 spiro atoms.